The van der Waals surface area contributed by atoms with Crippen molar-refractivity contribution < 1.29 is 9.53 Å². The smallest absolute Gasteiger partial charge is 0.256 e. The Bertz CT molecular complexity index is 1280. The predicted molar refractivity (Wildman–Crippen MR) is 118 cm³/mol. The summed E-state index contributed by atoms with van der Waals surface area (Å²) < 4.78 is 9.62. The van der Waals surface area contributed by atoms with Crippen LogP contribution in [0.3, 0.4) is 0 Å². The Morgan fingerprint density at radius 1 is 1.26 bits per heavy atom. The molecular weight excluding hydrogens is 394 g/mol. The van der Waals surface area contributed by atoms with Gasteiger partial charge in [0.1, 0.15) is 17.0 Å². The summed E-state index contributed by atoms with van der Waals surface area (Å²) >= 11 is 0. The van der Waals surface area contributed by atoms with Crippen LogP contribution < -0.4 is 10.6 Å². The van der Waals surface area contributed by atoms with Gasteiger partial charge < -0.3 is 19.9 Å². The monoisotopic (exact) mass is 419 g/mol. The lowest BCUT2D eigenvalue weighted by Gasteiger charge is -2.20. The Morgan fingerprint density at radius 3 is 2.90 bits per heavy atom. The van der Waals surface area contributed by atoms with E-state index in [4.69, 9.17) is 9.72 Å². The molecule has 4 heterocycles. The fourth-order valence-electron chi connectivity index (χ4n) is 4.61. The second-order valence-corrected chi connectivity index (χ2v) is 7.75. The minimum atomic E-state index is -0.223. The molecule has 9 nitrogen and oxygen atoms in total. The molecule has 0 unspecified atom stereocenters. The number of pyridine rings is 1. The van der Waals surface area contributed by atoms with Crippen LogP contribution in [0.4, 0.5) is 5.82 Å². The highest BCUT2D eigenvalue weighted by Gasteiger charge is 2.31. The van der Waals surface area contributed by atoms with Crippen LogP contribution in [0, 0.1) is 0 Å². The summed E-state index contributed by atoms with van der Waals surface area (Å²) in [5, 5.41) is 11.2. The van der Waals surface area contributed by atoms with Crippen LogP contribution >= 0.6 is 0 Å². The number of methoxy groups -OCH3 is 1. The molecule has 0 bridgehead atoms. The minimum absolute atomic E-state index is 0.170. The average Bonchev–Trinajstić information content (AvgIpc) is 3.53. The Hall–Kier alpha value is -3.46. The highest BCUT2D eigenvalue weighted by molar-refractivity contribution is 6.00. The number of carbonyl (C=O) groups excluding carboxylic acids is 1. The van der Waals surface area contributed by atoms with Crippen LogP contribution in [0.25, 0.3) is 27.9 Å². The molecule has 0 spiro atoms. The molecule has 2 atom stereocenters. The zero-order valence-electron chi connectivity index (χ0n) is 17.8. The number of carbonyl (C=O) groups is 1. The van der Waals surface area contributed by atoms with Gasteiger partial charge in [-0.1, -0.05) is 0 Å². The predicted octanol–water partition coefficient (Wildman–Crippen LogP) is 2.89. The normalized spacial score (nSPS) is 18.7. The van der Waals surface area contributed by atoms with Crippen molar-refractivity contribution in [3.8, 4) is 11.3 Å². The molecule has 1 amide bonds. The number of aromatic nitrogens is 5. The highest BCUT2D eigenvalue weighted by Crippen LogP contribution is 2.38. The first-order valence-electron chi connectivity index (χ1n) is 10.4. The lowest BCUT2D eigenvalue weighted by atomic mass is 10.1. The maximum Gasteiger partial charge on any atom is 0.256 e. The largest absolute Gasteiger partial charge is 0.379 e. The maximum atomic E-state index is 12.3. The maximum absolute atomic E-state index is 12.3. The van der Waals surface area contributed by atoms with Crippen molar-refractivity contribution in [1.29, 1.82) is 0 Å². The zero-order valence-corrected chi connectivity index (χ0v) is 17.8. The molecule has 1 aliphatic rings. The zero-order chi connectivity index (χ0) is 21.5. The third-order valence-electron chi connectivity index (χ3n) is 6.14. The second kappa shape index (κ2) is 7.66. The molecule has 0 saturated heterocycles. The van der Waals surface area contributed by atoms with E-state index in [1.165, 1.54) is 0 Å². The molecule has 1 aliphatic carbocycles. The lowest BCUT2D eigenvalue weighted by molar-refractivity contribution is 0.0762. The van der Waals surface area contributed by atoms with Crippen LogP contribution in [-0.4, -0.2) is 57.4 Å². The number of ether oxygens (including phenoxy) is 1. The first-order chi connectivity index (χ1) is 15.2. The molecule has 2 N–H and O–H groups in total. The number of amides is 1. The molecule has 1 fully saturated rings. The number of rotatable bonds is 5. The van der Waals surface area contributed by atoms with Crippen molar-refractivity contribution in [1.82, 2.24) is 29.5 Å². The number of hydrogen-bond donors (Lipinski definition) is 2. The van der Waals surface area contributed by atoms with Gasteiger partial charge in [0.25, 0.3) is 5.91 Å². The third-order valence-corrected chi connectivity index (χ3v) is 6.14. The van der Waals surface area contributed by atoms with Gasteiger partial charge in [0.2, 0.25) is 0 Å². The standard InChI is InChI=1S/C22H25N7O2/c1-23-19-10-16(27-21-14(22(30)24-2)11-26-29(19)21)15-12-28(17-7-4-8-18(17)31-3)20-13(15)6-5-9-25-20/h5-6,9-12,17-18,23H,4,7-8H2,1-3H3,(H,24,30)/t17-,18-/m0/s1. The van der Waals surface area contributed by atoms with E-state index in [-0.39, 0.29) is 18.1 Å². The van der Waals surface area contributed by atoms with Gasteiger partial charge in [-0.25, -0.2) is 9.97 Å². The van der Waals surface area contributed by atoms with Gasteiger partial charge in [-0.2, -0.15) is 9.61 Å². The van der Waals surface area contributed by atoms with Gasteiger partial charge in [0.05, 0.1) is 24.0 Å². The Labute approximate surface area is 179 Å². The summed E-state index contributed by atoms with van der Waals surface area (Å²) in [5.74, 6) is 0.523. The number of fused-ring (bicyclic) bond motifs is 2. The van der Waals surface area contributed by atoms with Crippen molar-refractivity contribution >= 4 is 28.4 Å². The van der Waals surface area contributed by atoms with E-state index < -0.39 is 0 Å². The Morgan fingerprint density at radius 2 is 2.13 bits per heavy atom. The van der Waals surface area contributed by atoms with Gasteiger partial charge >= 0.3 is 0 Å². The van der Waals surface area contributed by atoms with E-state index in [0.717, 1.165) is 47.4 Å². The van der Waals surface area contributed by atoms with E-state index in [0.29, 0.717) is 11.2 Å². The number of nitrogens with zero attached hydrogens (tertiary/aromatic N) is 5. The molecule has 1 saturated carbocycles. The van der Waals surface area contributed by atoms with E-state index in [9.17, 15) is 4.79 Å². The van der Waals surface area contributed by atoms with Crippen LogP contribution in [-0.2, 0) is 4.74 Å². The van der Waals surface area contributed by atoms with E-state index in [1.807, 2.05) is 25.4 Å². The number of anilines is 1. The summed E-state index contributed by atoms with van der Waals surface area (Å²) in [6, 6.07) is 6.18. The SMILES string of the molecule is CNC(=O)c1cnn2c(NC)cc(-c3cn([C@H]4CCC[C@@H]4OC)c4ncccc34)nc12. The van der Waals surface area contributed by atoms with Crippen molar-refractivity contribution in [2.24, 2.45) is 0 Å². The van der Waals surface area contributed by atoms with Crippen molar-refractivity contribution in [2.75, 3.05) is 26.5 Å². The molecule has 31 heavy (non-hydrogen) atoms. The van der Waals surface area contributed by atoms with Gasteiger partial charge in [0, 0.05) is 50.6 Å². The van der Waals surface area contributed by atoms with Crippen molar-refractivity contribution in [3.63, 3.8) is 0 Å². The molecule has 9 heteroatoms. The lowest BCUT2D eigenvalue weighted by Crippen LogP contribution is -2.20. The first kappa shape index (κ1) is 19.5. The fourth-order valence-corrected chi connectivity index (χ4v) is 4.61. The van der Waals surface area contributed by atoms with Crippen molar-refractivity contribution in [2.45, 2.75) is 31.4 Å². The molecular formula is C22H25N7O2. The first-order valence-corrected chi connectivity index (χ1v) is 10.4. The number of nitrogens with one attached hydrogen (secondary N) is 2. The topological polar surface area (TPSA) is 98.4 Å². The fraction of sp³-hybridized carbons (Fsp3) is 0.364. The van der Waals surface area contributed by atoms with Crippen molar-refractivity contribution in [3.05, 3.63) is 42.4 Å². The summed E-state index contributed by atoms with van der Waals surface area (Å²) in [4.78, 5) is 21.9. The highest BCUT2D eigenvalue weighted by atomic mass is 16.5. The summed E-state index contributed by atoms with van der Waals surface area (Å²) in [6.07, 6.45) is 8.87. The van der Waals surface area contributed by atoms with Gasteiger partial charge in [-0.05, 0) is 31.4 Å². The molecule has 4 aromatic rings. The Kier molecular flexibility index (Phi) is 4.82. The molecule has 4 aromatic heterocycles. The van der Waals surface area contributed by atoms with E-state index in [2.05, 4.69) is 37.5 Å². The molecule has 0 aliphatic heterocycles. The van der Waals surface area contributed by atoms with Gasteiger partial charge in [0.15, 0.2) is 5.65 Å². The summed E-state index contributed by atoms with van der Waals surface area (Å²) in [7, 11) is 5.20. The van der Waals surface area contributed by atoms with Crippen LogP contribution in [0.15, 0.2) is 36.8 Å². The quantitative estimate of drug-likeness (QED) is 0.516. The minimum Gasteiger partial charge on any atom is -0.379 e. The summed E-state index contributed by atoms with van der Waals surface area (Å²) in [5.41, 5.74) is 3.57. The molecule has 0 radical (unpaired) electrons. The van der Waals surface area contributed by atoms with Gasteiger partial charge in [-0.15, -0.1) is 0 Å². The van der Waals surface area contributed by atoms with Crippen LogP contribution in [0.2, 0.25) is 0 Å². The second-order valence-electron chi connectivity index (χ2n) is 7.75. The third kappa shape index (κ3) is 3.04. The molecule has 0 aromatic carbocycles. The summed E-state index contributed by atoms with van der Waals surface area (Å²) in [6.45, 7) is 0. The molecule has 5 rings (SSSR count). The van der Waals surface area contributed by atoms with Crippen LogP contribution in [0.5, 0.6) is 0 Å². The van der Waals surface area contributed by atoms with E-state index in [1.54, 1.807) is 24.9 Å². The van der Waals surface area contributed by atoms with E-state index >= 15 is 0 Å². The Balaban J connectivity index is 1.73. The number of hydrogen-bond acceptors (Lipinski definition) is 6. The van der Waals surface area contributed by atoms with Gasteiger partial charge in [-0.3, -0.25) is 4.79 Å². The molecule has 160 valence electrons. The average molecular weight is 419 g/mol. The van der Waals surface area contributed by atoms with Crippen LogP contribution in [0.1, 0.15) is 35.7 Å².